The van der Waals surface area contributed by atoms with Gasteiger partial charge in [-0.1, -0.05) is 13.0 Å². The quantitative estimate of drug-likeness (QED) is 0.446. The Labute approximate surface area is 162 Å². The third-order valence-electron chi connectivity index (χ3n) is 4.23. The Kier molecular flexibility index (Phi) is 6.53. The number of nitrogens with zero attached hydrogens (tertiary/aromatic N) is 7. The molecule has 0 saturated carbocycles. The van der Waals surface area contributed by atoms with E-state index in [-0.39, 0.29) is 0 Å². The van der Waals surface area contributed by atoms with Crippen molar-refractivity contribution in [1.29, 1.82) is 0 Å². The highest BCUT2D eigenvalue weighted by atomic mass is 32.1. The van der Waals surface area contributed by atoms with E-state index < -0.39 is 0 Å². The van der Waals surface area contributed by atoms with Crippen molar-refractivity contribution in [2.75, 3.05) is 6.54 Å². The molecule has 0 radical (unpaired) electrons. The molecular weight excluding hydrogens is 362 g/mol. The number of aliphatic imine (C=N–C) groups is 1. The molecule has 0 atom stereocenters. The summed E-state index contributed by atoms with van der Waals surface area (Å²) in [7, 11) is 1.95. The van der Waals surface area contributed by atoms with Gasteiger partial charge in [0.1, 0.15) is 24.5 Å². The first-order valence-electron chi connectivity index (χ1n) is 8.93. The van der Waals surface area contributed by atoms with Gasteiger partial charge in [-0.05, 0) is 18.4 Å². The van der Waals surface area contributed by atoms with Gasteiger partial charge in [0, 0.05) is 31.4 Å². The summed E-state index contributed by atoms with van der Waals surface area (Å²) < 4.78 is 4.00. The number of aromatic nitrogens is 6. The molecule has 2 N–H and O–H groups in total. The van der Waals surface area contributed by atoms with Crippen LogP contribution in [-0.2, 0) is 33.1 Å². The van der Waals surface area contributed by atoms with Gasteiger partial charge in [-0.3, -0.25) is 0 Å². The molecule has 0 aromatic carbocycles. The molecule has 3 aromatic heterocycles. The smallest absolute Gasteiger partial charge is 0.192 e. The summed E-state index contributed by atoms with van der Waals surface area (Å²) in [4.78, 5) is 5.92. The summed E-state index contributed by atoms with van der Waals surface area (Å²) in [5, 5.41) is 25.2. The van der Waals surface area contributed by atoms with E-state index >= 15 is 0 Å². The summed E-state index contributed by atoms with van der Waals surface area (Å²) in [6, 6.07) is 4.15. The van der Waals surface area contributed by atoms with Crippen LogP contribution >= 0.6 is 11.3 Å². The molecular formula is C17H25N9S. The normalized spacial score (nSPS) is 11.7. The van der Waals surface area contributed by atoms with Crippen molar-refractivity contribution in [3.63, 3.8) is 0 Å². The fourth-order valence-corrected chi connectivity index (χ4v) is 3.18. The van der Waals surface area contributed by atoms with Gasteiger partial charge >= 0.3 is 0 Å². The van der Waals surface area contributed by atoms with Crippen LogP contribution in [0.4, 0.5) is 0 Å². The van der Waals surface area contributed by atoms with Gasteiger partial charge in [0.2, 0.25) is 0 Å². The first-order valence-corrected chi connectivity index (χ1v) is 9.81. The molecule has 27 heavy (non-hydrogen) atoms. The first-order chi connectivity index (χ1) is 13.2. The van der Waals surface area contributed by atoms with Gasteiger partial charge in [0.05, 0.1) is 6.54 Å². The standard InChI is InChI=1S/C17H25N9S/c1-4-15-23-21-12-26(15)8-7-18-17(19-10-14-6-5-9-27-14)20-11-16-24-22-13(2)25(16)3/h5-6,9,12H,4,7-8,10-11H2,1-3H3,(H2,18,19,20). The van der Waals surface area contributed by atoms with Gasteiger partial charge in [-0.25, -0.2) is 4.99 Å². The molecule has 0 aliphatic rings. The topological polar surface area (TPSA) is 97.8 Å². The Morgan fingerprint density at radius 2 is 2.11 bits per heavy atom. The minimum Gasteiger partial charge on any atom is -0.355 e. The Bertz CT molecular complexity index is 863. The van der Waals surface area contributed by atoms with Gasteiger partial charge in [-0.15, -0.1) is 31.7 Å². The average molecular weight is 388 g/mol. The fraction of sp³-hybridized carbons (Fsp3) is 0.471. The van der Waals surface area contributed by atoms with Crippen LogP contribution in [0, 0.1) is 6.92 Å². The summed E-state index contributed by atoms with van der Waals surface area (Å²) in [5.41, 5.74) is 0. The highest BCUT2D eigenvalue weighted by Gasteiger charge is 2.06. The highest BCUT2D eigenvalue weighted by molar-refractivity contribution is 7.09. The molecule has 144 valence electrons. The number of guanidine groups is 1. The molecule has 0 bridgehead atoms. The maximum atomic E-state index is 4.66. The molecule has 0 fully saturated rings. The molecule has 0 unspecified atom stereocenters. The van der Waals surface area contributed by atoms with Crippen molar-refractivity contribution in [3.8, 4) is 0 Å². The van der Waals surface area contributed by atoms with E-state index in [2.05, 4.69) is 59.0 Å². The summed E-state index contributed by atoms with van der Waals surface area (Å²) in [5.74, 6) is 3.43. The maximum Gasteiger partial charge on any atom is 0.192 e. The molecule has 0 aliphatic heterocycles. The zero-order valence-corrected chi connectivity index (χ0v) is 16.7. The predicted molar refractivity (Wildman–Crippen MR) is 105 cm³/mol. The number of hydrogen-bond donors (Lipinski definition) is 2. The summed E-state index contributed by atoms with van der Waals surface area (Å²) in [6.07, 6.45) is 2.63. The number of aryl methyl sites for hydroxylation is 2. The van der Waals surface area contributed by atoms with Crippen LogP contribution in [0.5, 0.6) is 0 Å². The van der Waals surface area contributed by atoms with Crippen LogP contribution in [0.1, 0.15) is 29.3 Å². The van der Waals surface area contributed by atoms with Crippen molar-refractivity contribution in [2.45, 2.75) is 39.9 Å². The van der Waals surface area contributed by atoms with Crippen molar-refractivity contribution in [1.82, 2.24) is 40.2 Å². The van der Waals surface area contributed by atoms with Crippen LogP contribution < -0.4 is 10.6 Å². The largest absolute Gasteiger partial charge is 0.355 e. The lowest BCUT2D eigenvalue weighted by molar-refractivity contribution is 0.630. The molecule has 3 heterocycles. The van der Waals surface area contributed by atoms with Crippen LogP contribution in [0.25, 0.3) is 0 Å². The van der Waals surface area contributed by atoms with E-state index in [1.807, 2.05) is 24.6 Å². The number of nitrogens with one attached hydrogen (secondary N) is 2. The molecule has 0 amide bonds. The highest BCUT2D eigenvalue weighted by Crippen LogP contribution is 2.07. The van der Waals surface area contributed by atoms with Crippen molar-refractivity contribution >= 4 is 17.3 Å². The number of thiophene rings is 1. The third-order valence-corrected chi connectivity index (χ3v) is 5.10. The molecule has 9 nitrogen and oxygen atoms in total. The van der Waals surface area contributed by atoms with Gasteiger partial charge < -0.3 is 19.8 Å². The van der Waals surface area contributed by atoms with Crippen LogP contribution in [0.3, 0.4) is 0 Å². The molecule has 3 rings (SSSR count). The Morgan fingerprint density at radius 1 is 1.22 bits per heavy atom. The maximum absolute atomic E-state index is 4.66. The van der Waals surface area contributed by atoms with Crippen LogP contribution in [0.2, 0.25) is 0 Å². The molecule has 0 aliphatic carbocycles. The minimum absolute atomic E-state index is 0.462. The van der Waals surface area contributed by atoms with Crippen molar-refractivity contribution in [3.05, 3.63) is 46.2 Å². The average Bonchev–Trinajstić information content (AvgIpc) is 3.41. The van der Waals surface area contributed by atoms with E-state index in [1.165, 1.54) is 4.88 Å². The van der Waals surface area contributed by atoms with Crippen LogP contribution in [-0.4, -0.2) is 42.0 Å². The lowest BCUT2D eigenvalue weighted by atomic mass is 10.4. The molecule has 0 spiro atoms. The Morgan fingerprint density at radius 3 is 2.81 bits per heavy atom. The van der Waals surface area contributed by atoms with E-state index in [9.17, 15) is 0 Å². The zero-order chi connectivity index (χ0) is 19.1. The fourth-order valence-electron chi connectivity index (χ4n) is 2.53. The monoisotopic (exact) mass is 387 g/mol. The van der Waals surface area contributed by atoms with E-state index in [0.717, 1.165) is 49.5 Å². The number of hydrogen-bond acceptors (Lipinski definition) is 6. The van der Waals surface area contributed by atoms with Crippen molar-refractivity contribution < 1.29 is 0 Å². The lowest BCUT2D eigenvalue weighted by Gasteiger charge is -2.13. The van der Waals surface area contributed by atoms with Gasteiger partial charge in [-0.2, -0.15) is 0 Å². The minimum atomic E-state index is 0.462. The SMILES string of the molecule is CCc1nncn1CCNC(=NCc1nnc(C)n1C)NCc1cccs1. The zero-order valence-electron chi connectivity index (χ0n) is 15.9. The van der Waals surface area contributed by atoms with E-state index in [0.29, 0.717) is 6.54 Å². The second-order valence-corrected chi connectivity index (χ2v) is 7.07. The molecule has 10 heteroatoms. The van der Waals surface area contributed by atoms with E-state index in [1.54, 1.807) is 17.7 Å². The second kappa shape index (κ2) is 9.26. The molecule has 0 saturated heterocycles. The molecule has 3 aromatic rings. The second-order valence-electron chi connectivity index (χ2n) is 6.04. The predicted octanol–water partition coefficient (Wildman–Crippen LogP) is 1.27. The van der Waals surface area contributed by atoms with Crippen LogP contribution in [0.15, 0.2) is 28.8 Å². The Balaban J connectivity index is 1.61. The summed E-state index contributed by atoms with van der Waals surface area (Å²) in [6.45, 7) is 6.70. The third kappa shape index (κ3) is 5.13. The first kappa shape index (κ1) is 19.0. The van der Waals surface area contributed by atoms with Gasteiger partial charge in [0.15, 0.2) is 11.8 Å². The number of rotatable bonds is 8. The Hall–Kier alpha value is -2.75. The van der Waals surface area contributed by atoms with Gasteiger partial charge in [0.25, 0.3) is 0 Å². The van der Waals surface area contributed by atoms with Crippen molar-refractivity contribution in [2.24, 2.45) is 12.0 Å². The summed E-state index contributed by atoms with van der Waals surface area (Å²) >= 11 is 1.72. The van der Waals surface area contributed by atoms with E-state index in [4.69, 9.17) is 0 Å². The lowest BCUT2D eigenvalue weighted by Crippen LogP contribution is -2.38.